The largest absolute Gasteiger partial charge is 0.215 e. The van der Waals surface area contributed by atoms with Gasteiger partial charge in [-0.3, -0.25) is 0 Å². The quantitative estimate of drug-likeness (QED) is 0.708. The van der Waals surface area contributed by atoms with E-state index in [1.807, 2.05) is 0 Å². The molecular weight excluding hydrogens is 234 g/mol. The van der Waals surface area contributed by atoms with Crippen molar-refractivity contribution in [2.45, 2.75) is 39.2 Å². The summed E-state index contributed by atoms with van der Waals surface area (Å²) in [5.41, 5.74) is 0.195. The van der Waals surface area contributed by atoms with E-state index in [9.17, 15) is 8.42 Å². The summed E-state index contributed by atoms with van der Waals surface area (Å²) in [5, 5.41) is 0. The Hall–Kier alpha value is -0.350. The zero-order chi connectivity index (χ0) is 12.5. The smallest absolute Gasteiger partial charge is 0.212 e. The van der Waals surface area contributed by atoms with Gasteiger partial charge < -0.3 is 0 Å². The molecular formula is C13H21NO2S. The van der Waals surface area contributed by atoms with Gasteiger partial charge in [0.15, 0.2) is 0 Å². The molecule has 2 aliphatic carbocycles. The number of hydrogen-bond acceptors (Lipinski definition) is 2. The van der Waals surface area contributed by atoms with E-state index in [0.717, 1.165) is 12.8 Å². The lowest BCUT2D eigenvalue weighted by Crippen LogP contribution is -2.41. The Bertz CT molecular complexity index is 468. The fourth-order valence-electron chi connectivity index (χ4n) is 4.74. The molecule has 0 aromatic rings. The minimum absolute atomic E-state index is 0.0134. The van der Waals surface area contributed by atoms with E-state index in [1.54, 1.807) is 10.4 Å². The lowest BCUT2D eigenvalue weighted by atomic mass is 9.69. The number of fused-ring (bicyclic) bond motifs is 1. The predicted octanol–water partition coefficient (Wildman–Crippen LogP) is 2.01. The first-order chi connectivity index (χ1) is 7.85. The highest BCUT2D eigenvalue weighted by Crippen LogP contribution is 2.69. The molecule has 0 radical (unpaired) electrons. The lowest BCUT2D eigenvalue weighted by molar-refractivity contribution is 0.117. The normalized spacial score (nSPS) is 46.0. The van der Waals surface area contributed by atoms with E-state index in [-0.39, 0.29) is 16.9 Å². The Morgan fingerprint density at radius 3 is 2.76 bits per heavy atom. The highest BCUT2D eigenvalue weighted by atomic mass is 32.2. The van der Waals surface area contributed by atoms with Crippen molar-refractivity contribution in [1.29, 1.82) is 0 Å². The van der Waals surface area contributed by atoms with Crippen LogP contribution in [-0.4, -0.2) is 31.1 Å². The van der Waals surface area contributed by atoms with Gasteiger partial charge in [-0.15, -0.1) is 6.58 Å². The van der Waals surface area contributed by atoms with Crippen molar-refractivity contribution >= 4 is 10.0 Å². The maximum absolute atomic E-state index is 12.3. The summed E-state index contributed by atoms with van der Waals surface area (Å²) in [5.74, 6) is 1.07. The third-order valence-electron chi connectivity index (χ3n) is 5.84. The van der Waals surface area contributed by atoms with Crippen molar-refractivity contribution in [2.24, 2.45) is 16.7 Å². The summed E-state index contributed by atoms with van der Waals surface area (Å²) in [4.78, 5) is 0. The molecule has 96 valence electrons. The van der Waals surface area contributed by atoms with E-state index in [2.05, 4.69) is 20.4 Å². The Labute approximate surface area is 104 Å². The summed E-state index contributed by atoms with van der Waals surface area (Å²) < 4.78 is 26.4. The van der Waals surface area contributed by atoms with Crippen LogP contribution >= 0.6 is 0 Å². The second kappa shape index (κ2) is 3.15. The molecule has 0 aromatic heterocycles. The number of nitrogens with zero attached hydrogens (tertiary/aromatic N) is 1. The molecule has 0 aromatic carbocycles. The zero-order valence-electron chi connectivity index (χ0n) is 10.6. The van der Waals surface area contributed by atoms with Crippen molar-refractivity contribution in [2.75, 3.05) is 12.3 Å². The Morgan fingerprint density at radius 1 is 1.47 bits per heavy atom. The van der Waals surface area contributed by atoms with Gasteiger partial charge in [-0.25, -0.2) is 8.42 Å². The topological polar surface area (TPSA) is 37.4 Å². The van der Waals surface area contributed by atoms with Gasteiger partial charge in [0.05, 0.1) is 5.75 Å². The Morgan fingerprint density at radius 2 is 2.18 bits per heavy atom. The van der Waals surface area contributed by atoms with Crippen LogP contribution in [0.2, 0.25) is 0 Å². The van der Waals surface area contributed by atoms with Gasteiger partial charge in [0.1, 0.15) is 0 Å². The van der Waals surface area contributed by atoms with E-state index < -0.39 is 10.0 Å². The minimum atomic E-state index is -3.06. The van der Waals surface area contributed by atoms with Crippen LogP contribution in [0.4, 0.5) is 0 Å². The molecule has 3 rings (SSSR count). The van der Waals surface area contributed by atoms with Gasteiger partial charge in [-0.05, 0) is 30.6 Å². The Balaban J connectivity index is 2.09. The molecule has 3 nitrogen and oxygen atoms in total. The summed E-state index contributed by atoms with van der Waals surface area (Å²) in [6.45, 7) is 8.73. The van der Waals surface area contributed by atoms with E-state index in [4.69, 9.17) is 0 Å². The molecule has 3 atom stereocenters. The maximum atomic E-state index is 12.3. The molecule has 0 amide bonds. The Kier molecular flexibility index (Phi) is 2.17. The summed E-state index contributed by atoms with van der Waals surface area (Å²) in [7, 11) is -3.06. The molecule has 2 saturated carbocycles. The van der Waals surface area contributed by atoms with Crippen LogP contribution in [0.25, 0.3) is 0 Å². The first-order valence-corrected chi connectivity index (χ1v) is 8.06. The van der Waals surface area contributed by atoms with Crippen LogP contribution in [0, 0.1) is 16.7 Å². The lowest BCUT2D eigenvalue weighted by Gasteiger charge is -2.37. The second-order valence-electron chi connectivity index (χ2n) is 6.48. The molecule has 3 fully saturated rings. The molecule has 1 saturated heterocycles. The molecule has 1 aliphatic heterocycles. The molecule has 3 aliphatic rings. The predicted molar refractivity (Wildman–Crippen MR) is 68.0 cm³/mol. The van der Waals surface area contributed by atoms with Crippen LogP contribution in [0.3, 0.4) is 0 Å². The highest BCUT2D eigenvalue weighted by molar-refractivity contribution is 7.89. The molecule has 1 spiro atoms. The molecule has 17 heavy (non-hydrogen) atoms. The summed E-state index contributed by atoms with van der Waals surface area (Å²) in [6, 6.07) is 0.235. The fourth-order valence-corrected chi connectivity index (χ4v) is 7.28. The van der Waals surface area contributed by atoms with Gasteiger partial charge >= 0.3 is 0 Å². The standard InChI is InChI=1S/C13H21NO2S/c1-4-7-14-11-8-10-5-6-13(11,12(10,2)3)9-17(14,15)16/h4,10-11H,1,5-9H2,2-3H3/t10-,11+,13-/m1/s1. The maximum Gasteiger partial charge on any atom is 0.215 e. The van der Waals surface area contributed by atoms with Crippen LogP contribution < -0.4 is 0 Å². The molecule has 0 N–H and O–H groups in total. The van der Waals surface area contributed by atoms with Crippen molar-refractivity contribution in [3.05, 3.63) is 12.7 Å². The number of rotatable bonds is 2. The zero-order valence-corrected chi connectivity index (χ0v) is 11.5. The van der Waals surface area contributed by atoms with Crippen LogP contribution in [-0.2, 0) is 10.0 Å². The summed E-state index contributed by atoms with van der Waals surface area (Å²) >= 11 is 0. The van der Waals surface area contributed by atoms with Crippen molar-refractivity contribution in [3.8, 4) is 0 Å². The van der Waals surface area contributed by atoms with Crippen molar-refractivity contribution in [1.82, 2.24) is 4.31 Å². The fraction of sp³-hybridized carbons (Fsp3) is 0.846. The molecule has 0 unspecified atom stereocenters. The monoisotopic (exact) mass is 255 g/mol. The second-order valence-corrected chi connectivity index (χ2v) is 8.40. The average molecular weight is 255 g/mol. The van der Waals surface area contributed by atoms with Gasteiger partial charge in [-0.2, -0.15) is 4.31 Å². The highest BCUT2D eigenvalue weighted by Gasteiger charge is 2.71. The van der Waals surface area contributed by atoms with Crippen LogP contribution in [0.15, 0.2) is 12.7 Å². The van der Waals surface area contributed by atoms with Crippen LogP contribution in [0.1, 0.15) is 33.1 Å². The van der Waals surface area contributed by atoms with E-state index in [0.29, 0.717) is 18.2 Å². The van der Waals surface area contributed by atoms with E-state index >= 15 is 0 Å². The molecule has 2 bridgehead atoms. The minimum Gasteiger partial charge on any atom is -0.212 e. The first kappa shape index (κ1) is 11.7. The third kappa shape index (κ3) is 1.18. The van der Waals surface area contributed by atoms with Gasteiger partial charge in [0.25, 0.3) is 0 Å². The van der Waals surface area contributed by atoms with Crippen molar-refractivity contribution in [3.63, 3.8) is 0 Å². The molecule has 4 heteroatoms. The third-order valence-corrected chi connectivity index (χ3v) is 7.84. The van der Waals surface area contributed by atoms with Crippen molar-refractivity contribution < 1.29 is 8.42 Å². The SMILES string of the molecule is C=CCN1[C@H]2C[C@H]3CC[C@]2(CS1(=O)=O)C3(C)C. The van der Waals surface area contributed by atoms with Gasteiger partial charge in [-0.1, -0.05) is 19.9 Å². The number of sulfonamides is 1. The average Bonchev–Trinajstić information content (AvgIpc) is 2.68. The van der Waals surface area contributed by atoms with Gasteiger partial charge in [0, 0.05) is 18.0 Å². The van der Waals surface area contributed by atoms with Gasteiger partial charge in [0.2, 0.25) is 10.0 Å². The van der Waals surface area contributed by atoms with Crippen LogP contribution in [0.5, 0.6) is 0 Å². The molecule has 1 heterocycles. The number of hydrogen-bond donors (Lipinski definition) is 0. The first-order valence-electron chi connectivity index (χ1n) is 6.45. The van der Waals surface area contributed by atoms with E-state index in [1.165, 1.54) is 6.42 Å². The summed E-state index contributed by atoms with van der Waals surface area (Å²) in [6.07, 6.45) is 5.07.